The van der Waals surface area contributed by atoms with Crippen LogP contribution in [0.2, 0.25) is 0 Å². The third-order valence-corrected chi connectivity index (χ3v) is 11.7. The van der Waals surface area contributed by atoms with E-state index in [0.717, 1.165) is 22.7 Å². The molecule has 0 N–H and O–H groups in total. The van der Waals surface area contributed by atoms with Gasteiger partial charge in [-0.3, -0.25) is 0 Å². The Kier molecular flexibility index (Phi) is 6.26. The predicted molar refractivity (Wildman–Crippen MR) is 209 cm³/mol. The molecule has 2 aliphatic rings. The molecule has 0 radical (unpaired) electrons. The summed E-state index contributed by atoms with van der Waals surface area (Å²) in [5.41, 5.74) is 9.67. The van der Waals surface area contributed by atoms with E-state index in [9.17, 15) is 0 Å². The van der Waals surface area contributed by atoms with Gasteiger partial charge in [-0.1, -0.05) is 97.1 Å². The van der Waals surface area contributed by atoms with Crippen molar-refractivity contribution < 1.29 is 0 Å². The summed E-state index contributed by atoms with van der Waals surface area (Å²) >= 11 is 3.82. The molecule has 8 aromatic rings. The lowest BCUT2D eigenvalue weighted by Crippen LogP contribution is -2.12. The number of hydrogen-bond donors (Lipinski definition) is 0. The van der Waals surface area contributed by atoms with Gasteiger partial charge in [-0.05, 0) is 83.6 Å². The summed E-state index contributed by atoms with van der Waals surface area (Å²) < 4.78 is 5.20. The van der Waals surface area contributed by atoms with E-state index in [1.807, 2.05) is 22.7 Å². The fourth-order valence-electron chi connectivity index (χ4n) is 7.35. The minimum absolute atomic E-state index is 1.14. The summed E-state index contributed by atoms with van der Waals surface area (Å²) in [5, 5.41) is 5.22. The number of anilines is 6. The van der Waals surface area contributed by atoms with E-state index < -0.39 is 0 Å². The average molecular weight is 649 g/mol. The molecule has 0 spiro atoms. The molecule has 2 heterocycles. The van der Waals surface area contributed by atoms with Crippen LogP contribution in [0.4, 0.5) is 34.1 Å². The Morgan fingerprint density at radius 2 is 0.667 bits per heavy atom. The molecule has 10 rings (SSSR count). The molecule has 0 aliphatic carbocycles. The average Bonchev–Trinajstić information content (AvgIpc) is 3.15. The monoisotopic (exact) mass is 648 g/mol. The Hall–Kier alpha value is -5.68. The molecule has 0 atom stereocenters. The molecule has 2 aliphatic heterocycles. The maximum atomic E-state index is 2.43. The summed E-state index contributed by atoms with van der Waals surface area (Å²) in [6.07, 6.45) is 0. The molecule has 4 heteroatoms. The fraction of sp³-hybridized carbons (Fsp3) is 0. The molecule has 0 unspecified atom stereocenters. The van der Waals surface area contributed by atoms with Crippen molar-refractivity contribution in [1.82, 2.24) is 0 Å². The first-order valence-electron chi connectivity index (χ1n) is 16.2. The minimum Gasteiger partial charge on any atom is -0.309 e. The van der Waals surface area contributed by atoms with E-state index in [2.05, 4.69) is 180 Å². The van der Waals surface area contributed by atoms with E-state index in [-0.39, 0.29) is 0 Å². The molecule has 8 aromatic carbocycles. The van der Waals surface area contributed by atoms with Gasteiger partial charge in [0.25, 0.3) is 0 Å². The molecule has 226 valence electrons. The molecule has 0 saturated heterocycles. The second kappa shape index (κ2) is 11.0. The van der Waals surface area contributed by atoms with Gasteiger partial charge in [0.1, 0.15) is 0 Å². The smallest absolute Gasteiger partial charge is 0.0646 e. The number of para-hydroxylation sites is 4. The highest BCUT2D eigenvalue weighted by atomic mass is 32.1. The molecular weight excluding hydrogens is 621 g/mol. The highest BCUT2D eigenvalue weighted by molar-refractivity contribution is 7.28. The van der Waals surface area contributed by atoms with Gasteiger partial charge < -0.3 is 9.80 Å². The van der Waals surface area contributed by atoms with Crippen molar-refractivity contribution in [3.05, 3.63) is 170 Å². The maximum absolute atomic E-state index is 2.43. The van der Waals surface area contributed by atoms with Gasteiger partial charge >= 0.3 is 0 Å². The Bertz CT molecular complexity index is 2390. The van der Waals surface area contributed by atoms with Crippen molar-refractivity contribution in [1.29, 1.82) is 0 Å². The van der Waals surface area contributed by atoms with Crippen LogP contribution in [0.3, 0.4) is 0 Å². The minimum atomic E-state index is 1.14. The van der Waals surface area contributed by atoms with Crippen LogP contribution >= 0.6 is 22.7 Å². The van der Waals surface area contributed by atoms with E-state index in [4.69, 9.17) is 0 Å². The number of benzene rings is 8. The van der Waals surface area contributed by atoms with E-state index in [1.54, 1.807) is 0 Å². The van der Waals surface area contributed by atoms with Gasteiger partial charge in [0, 0.05) is 54.0 Å². The van der Waals surface area contributed by atoms with Crippen molar-refractivity contribution in [2.75, 3.05) is 9.80 Å². The van der Waals surface area contributed by atoms with Gasteiger partial charge in [0.05, 0.1) is 20.8 Å². The zero-order valence-corrected chi connectivity index (χ0v) is 27.5. The Morgan fingerprint density at radius 3 is 1.00 bits per heavy atom. The number of hydrogen-bond acceptors (Lipinski definition) is 4. The lowest BCUT2D eigenvalue weighted by molar-refractivity contribution is 1.30. The van der Waals surface area contributed by atoms with Crippen LogP contribution in [0.5, 0.6) is 0 Å². The third kappa shape index (κ3) is 4.17. The maximum Gasteiger partial charge on any atom is 0.0646 e. The van der Waals surface area contributed by atoms with Crippen LogP contribution in [0.1, 0.15) is 0 Å². The molecule has 2 nitrogen and oxygen atoms in total. The largest absolute Gasteiger partial charge is 0.309 e. The zero-order chi connectivity index (χ0) is 31.6. The van der Waals surface area contributed by atoms with Crippen molar-refractivity contribution in [3.8, 4) is 11.1 Å². The van der Waals surface area contributed by atoms with Gasteiger partial charge in [0.2, 0.25) is 0 Å². The first kappa shape index (κ1) is 27.4. The molecule has 48 heavy (non-hydrogen) atoms. The second-order valence-electron chi connectivity index (χ2n) is 12.1. The topological polar surface area (TPSA) is 6.48 Å². The highest BCUT2D eigenvalue weighted by Gasteiger charge is 2.29. The summed E-state index contributed by atoms with van der Waals surface area (Å²) in [6.45, 7) is 0. The lowest BCUT2D eigenvalue weighted by Gasteiger charge is -2.32. The van der Waals surface area contributed by atoms with E-state index in [0.29, 0.717) is 0 Å². The zero-order valence-electron chi connectivity index (χ0n) is 25.9. The molecule has 0 bridgehead atoms. The molecule has 0 aromatic heterocycles. The Balaban J connectivity index is 1.37. The number of rotatable bonds is 6. The van der Waals surface area contributed by atoms with Crippen LogP contribution < -0.4 is 9.80 Å². The highest BCUT2D eigenvalue weighted by Crippen LogP contribution is 2.58. The van der Waals surface area contributed by atoms with Crippen molar-refractivity contribution >= 4 is 97.1 Å². The molecular formula is C44H28N2S2. The van der Waals surface area contributed by atoms with Crippen LogP contribution in [-0.4, -0.2) is 0 Å². The second-order valence-corrected chi connectivity index (χ2v) is 14.2. The Morgan fingerprint density at radius 1 is 0.333 bits per heavy atom. The van der Waals surface area contributed by atoms with Crippen LogP contribution in [0.15, 0.2) is 170 Å². The predicted octanol–water partition coefficient (Wildman–Crippen LogP) is 13.9. The van der Waals surface area contributed by atoms with Gasteiger partial charge in [-0.15, -0.1) is 22.7 Å². The third-order valence-electron chi connectivity index (χ3n) is 9.33. The van der Waals surface area contributed by atoms with Gasteiger partial charge in [-0.25, -0.2) is 0 Å². The SMILES string of the molecule is c1ccc(N(c2ccccc2)c2cc3cccc4sc5c(N(c6ccccc6)c6ccccc6)cc6cccc7sc2c(c34)-c5c67)cc1. The molecule has 0 saturated carbocycles. The summed E-state index contributed by atoms with van der Waals surface area (Å²) in [7, 11) is 0. The summed E-state index contributed by atoms with van der Waals surface area (Å²) in [5.74, 6) is 0. The fourth-order valence-corrected chi connectivity index (χ4v) is 9.85. The lowest BCUT2D eigenvalue weighted by atomic mass is 9.91. The number of nitrogens with zero attached hydrogens (tertiary/aromatic N) is 2. The first-order valence-corrected chi connectivity index (χ1v) is 17.8. The van der Waals surface area contributed by atoms with Crippen LogP contribution in [0, 0.1) is 0 Å². The van der Waals surface area contributed by atoms with E-state index >= 15 is 0 Å². The first-order chi connectivity index (χ1) is 23.8. The normalized spacial score (nSPS) is 11.8. The van der Waals surface area contributed by atoms with Crippen LogP contribution in [-0.2, 0) is 0 Å². The van der Waals surface area contributed by atoms with Gasteiger partial charge in [0.15, 0.2) is 0 Å². The summed E-state index contributed by atoms with van der Waals surface area (Å²) in [4.78, 5) is 4.86. The molecule has 0 amide bonds. The standard InChI is InChI=1S/C44H28N2S2/c1-5-17-31(18-6-1)45(32-19-7-2-8-20-32)35-27-29-15-13-26-38-39(29)41-42-40-30(16-14-25-37(40)47-43(35)41)28-36(44(42)48-38)46(33-21-9-3-10-22-33)34-23-11-4-12-24-34/h1-28H. The molecule has 0 fully saturated rings. The Labute approximate surface area is 286 Å². The quantitative estimate of drug-likeness (QED) is 0.131. The van der Waals surface area contributed by atoms with Crippen molar-refractivity contribution in [2.24, 2.45) is 0 Å². The summed E-state index contributed by atoms with van der Waals surface area (Å²) in [6, 6.07) is 61.6. The van der Waals surface area contributed by atoms with Crippen LogP contribution in [0.25, 0.3) is 51.5 Å². The van der Waals surface area contributed by atoms with E-state index in [1.165, 1.54) is 62.8 Å². The van der Waals surface area contributed by atoms with Gasteiger partial charge in [-0.2, -0.15) is 0 Å². The van der Waals surface area contributed by atoms with Crippen molar-refractivity contribution in [3.63, 3.8) is 0 Å². The van der Waals surface area contributed by atoms with Crippen molar-refractivity contribution in [2.45, 2.75) is 0 Å².